The van der Waals surface area contributed by atoms with Crippen molar-refractivity contribution < 1.29 is 0 Å². The van der Waals surface area contributed by atoms with Gasteiger partial charge < -0.3 is 5.73 Å². The molecule has 1 saturated carbocycles. The summed E-state index contributed by atoms with van der Waals surface area (Å²) in [7, 11) is 0. The second kappa shape index (κ2) is 4.80. The maximum Gasteiger partial charge on any atom is 0.128 e. The monoisotopic (exact) mass is 220 g/mol. The Morgan fingerprint density at radius 3 is 2.69 bits per heavy atom. The Hall–Kier alpha value is -1.13. The maximum atomic E-state index is 5.96. The Labute approximate surface area is 96.4 Å². The Bertz CT molecular complexity index is 338. The van der Waals surface area contributed by atoms with Crippen LogP contribution in [0, 0.1) is 12.8 Å². The first-order valence-corrected chi connectivity index (χ1v) is 5.91. The lowest BCUT2D eigenvalue weighted by Gasteiger charge is -2.25. The minimum absolute atomic E-state index is 0.149. The minimum Gasteiger partial charge on any atom is -0.383 e. The van der Waals surface area contributed by atoms with E-state index in [2.05, 4.69) is 17.3 Å². The van der Waals surface area contributed by atoms with Gasteiger partial charge in [-0.15, -0.1) is 0 Å². The van der Waals surface area contributed by atoms with Crippen LogP contribution in [0.1, 0.15) is 42.9 Å². The van der Waals surface area contributed by atoms with Crippen LogP contribution in [0.2, 0.25) is 0 Å². The highest BCUT2D eigenvalue weighted by atomic mass is 15.2. The van der Waals surface area contributed by atoms with Crippen molar-refractivity contribution in [2.24, 2.45) is 11.8 Å². The number of nitrogen functional groups attached to an aromatic ring is 1. The van der Waals surface area contributed by atoms with E-state index in [1.807, 2.05) is 6.07 Å². The summed E-state index contributed by atoms with van der Waals surface area (Å²) in [5.41, 5.74) is 11.1. The molecular weight excluding hydrogens is 200 g/mol. The van der Waals surface area contributed by atoms with E-state index >= 15 is 0 Å². The fourth-order valence-electron chi connectivity index (χ4n) is 2.74. The topological polar surface area (TPSA) is 77.0 Å². The van der Waals surface area contributed by atoms with Crippen LogP contribution in [0.15, 0.2) is 12.3 Å². The SMILES string of the molecule is Cc1ccnc(N)c1C(NN)C1CCCC1. The number of hydrogen-bond donors (Lipinski definition) is 3. The minimum atomic E-state index is 0.149. The fourth-order valence-corrected chi connectivity index (χ4v) is 2.74. The van der Waals surface area contributed by atoms with Gasteiger partial charge in [0.2, 0.25) is 0 Å². The summed E-state index contributed by atoms with van der Waals surface area (Å²) in [4.78, 5) is 4.16. The first-order chi connectivity index (χ1) is 7.74. The molecule has 0 aromatic carbocycles. The third kappa shape index (κ3) is 2.03. The van der Waals surface area contributed by atoms with E-state index in [9.17, 15) is 0 Å². The van der Waals surface area contributed by atoms with Crippen molar-refractivity contribution in [3.05, 3.63) is 23.4 Å². The van der Waals surface area contributed by atoms with E-state index in [-0.39, 0.29) is 6.04 Å². The first kappa shape index (κ1) is 11.4. The number of hydrogen-bond acceptors (Lipinski definition) is 4. The van der Waals surface area contributed by atoms with E-state index in [1.54, 1.807) is 6.20 Å². The molecule has 0 amide bonds. The molecule has 0 bridgehead atoms. The van der Waals surface area contributed by atoms with Crippen molar-refractivity contribution in [2.75, 3.05) is 5.73 Å². The number of nitrogens with zero attached hydrogens (tertiary/aromatic N) is 1. The lowest BCUT2D eigenvalue weighted by Crippen LogP contribution is -2.34. The quantitative estimate of drug-likeness (QED) is 0.535. The Kier molecular flexibility index (Phi) is 3.41. The van der Waals surface area contributed by atoms with Gasteiger partial charge in [-0.3, -0.25) is 11.3 Å². The molecule has 88 valence electrons. The smallest absolute Gasteiger partial charge is 0.128 e. The molecule has 1 unspecified atom stereocenters. The Morgan fingerprint density at radius 1 is 1.44 bits per heavy atom. The molecule has 4 heteroatoms. The highest BCUT2D eigenvalue weighted by Gasteiger charge is 2.28. The van der Waals surface area contributed by atoms with Crippen LogP contribution in [0.25, 0.3) is 0 Å². The summed E-state index contributed by atoms with van der Waals surface area (Å²) in [6.45, 7) is 2.06. The van der Waals surface area contributed by atoms with Crippen LogP contribution >= 0.6 is 0 Å². The number of aryl methyl sites for hydroxylation is 1. The number of nitrogens with two attached hydrogens (primary N) is 2. The molecule has 1 heterocycles. The number of rotatable bonds is 3. The Balaban J connectivity index is 2.32. The molecular formula is C12H20N4. The molecule has 1 aromatic rings. The zero-order valence-corrected chi connectivity index (χ0v) is 9.74. The van der Waals surface area contributed by atoms with Crippen molar-refractivity contribution in [1.29, 1.82) is 0 Å². The third-order valence-corrected chi connectivity index (χ3v) is 3.60. The first-order valence-electron chi connectivity index (χ1n) is 5.91. The summed E-state index contributed by atoms with van der Waals surface area (Å²) >= 11 is 0. The molecule has 0 radical (unpaired) electrons. The maximum absolute atomic E-state index is 5.96. The molecule has 0 saturated heterocycles. The zero-order valence-electron chi connectivity index (χ0n) is 9.74. The number of nitrogens with one attached hydrogen (secondary N) is 1. The zero-order chi connectivity index (χ0) is 11.5. The van der Waals surface area contributed by atoms with Gasteiger partial charge in [-0.2, -0.15) is 0 Å². The van der Waals surface area contributed by atoms with Crippen LogP contribution in [0.3, 0.4) is 0 Å². The van der Waals surface area contributed by atoms with E-state index < -0.39 is 0 Å². The summed E-state index contributed by atoms with van der Waals surface area (Å²) in [5, 5.41) is 0. The second-order valence-electron chi connectivity index (χ2n) is 4.62. The molecule has 5 N–H and O–H groups in total. The second-order valence-corrected chi connectivity index (χ2v) is 4.62. The van der Waals surface area contributed by atoms with Gasteiger partial charge in [-0.25, -0.2) is 4.98 Å². The Morgan fingerprint density at radius 2 is 2.12 bits per heavy atom. The van der Waals surface area contributed by atoms with E-state index in [4.69, 9.17) is 11.6 Å². The van der Waals surface area contributed by atoms with Crippen molar-refractivity contribution in [1.82, 2.24) is 10.4 Å². The van der Waals surface area contributed by atoms with Gasteiger partial charge in [0.05, 0.1) is 6.04 Å². The van der Waals surface area contributed by atoms with E-state index in [0.717, 1.165) is 5.56 Å². The van der Waals surface area contributed by atoms with Gasteiger partial charge in [-0.05, 0) is 37.3 Å². The predicted octanol–water partition coefficient (Wildman–Crippen LogP) is 1.67. The third-order valence-electron chi connectivity index (χ3n) is 3.60. The normalized spacial score (nSPS) is 18.9. The van der Waals surface area contributed by atoms with Gasteiger partial charge in [0.1, 0.15) is 5.82 Å². The van der Waals surface area contributed by atoms with Crippen molar-refractivity contribution >= 4 is 5.82 Å². The van der Waals surface area contributed by atoms with Gasteiger partial charge in [0.15, 0.2) is 0 Å². The molecule has 0 spiro atoms. The van der Waals surface area contributed by atoms with Crippen molar-refractivity contribution in [3.8, 4) is 0 Å². The van der Waals surface area contributed by atoms with Gasteiger partial charge in [0, 0.05) is 11.8 Å². The molecule has 4 nitrogen and oxygen atoms in total. The van der Waals surface area contributed by atoms with Crippen molar-refractivity contribution in [3.63, 3.8) is 0 Å². The van der Waals surface area contributed by atoms with Crippen LogP contribution in [0.5, 0.6) is 0 Å². The molecule has 1 aliphatic rings. The van der Waals surface area contributed by atoms with Gasteiger partial charge >= 0.3 is 0 Å². The summed E-state index contributed by atoms with van der Waals surface area (Å²) in [6.07, 6.45) is 6.78. The molecule has 1 fully saturated rings. The lowest BCUT2D eigenvalue weighted by atomic mass is 9.90. The molecule has 0 aliphatic heterocycles. The average molecular weight is 220 g/mol. The summed E-state index contributed by atoms with van der Waals surface area (Å²) in [5.74, 6) is 6.89. The van der Waals surface area contributed by atoms with Crippen LogP contribution < -0.4 is 17.0 Å². The number of hydrazine groups is 1. The predicted molar refractivity (Wildman–Crippen MR) is 65.4 cm³/mol. The molecule has 1 atom stereocenters. The van der Waals surface area contributed by atoms with Crippen LogP contribution in [0.4, 0.5) is 5.82 Å². The van der Waals surface area contributed by atoms with Crippen LogP contribution in [-0.4, -0.2) is 4.98 Å². The number of anilines is 1. The number of aromatic nitrogens is 1. The standard InChI is InChI=1S/C12H20N4/c1-8-6-7-15-12(13)10(8)11(16-14)9-4-2-3-5-9/h6-7,9,11,16H,2-5,14H2,1H3,(H2,13,15). The highest BCUT2D eigenvalue weighted by Crippen LogP contribution is 2.37. The van der Waals surface area contributed by atoms with E-state index in [1.165, 1.54) is 31.2 Å². The van der Waals surface area contributed by atoms with Gasteiger partial charge in [-0.1, -0.05) is 12.8 Å². The highest BCUT2D eigenvalue weighted by molar-refractivity contribution is 5.46. The molecule has 16 heavy (non-hydrogen) atoms. The molecule has 2 rings (SSSR count). The average Bonchev–Trinajstić information content (AvgIpc) is 2.77. The molecule has 1 aromatic heterocycles. The van der Waals surface area contributed by atoms with Crippen molar-refractivity contribution in [2.45, 2.75) is 38.6 Å². The van der Waals surface area contributed by atoms with Gasteiger partial charge in [0.25, 0.3) is 0 Å². The largest absolute Gasteiger partial charge is 0.383 e. The molecule has 1 aliphatic carbocycles. The van der Waals surface area contributed by atoms with Crippen LogP contribution in [-0.2, 0) is 0 Å². The lowest BCUT2D eigenvalue weighted by molar-refractivity contribution is 0.372. The fraction of sp³-hybridized carbons (Fsp3) is 0.583. The number of pyridine rings is 1. The van der Waals surface area contributed by atoms with E-state index in [0.29, 0.717) is 11.7 Å². The summed E-state index contributed by atoms with van der Waals surface area (Å²) < 4.78 is 0. The summed E-state index contributed by atoms with van der Waals surface area (Å²) in [6, 6.07) is 2.14.